The summed E-state index contributed by atoms with van der Waals surface area (Å²) in [5.41, 5.74) is 2.56. The molecule has 0 radical (unpaired) electrons. The van der Waals surface area contributed by atoms with Gasteiger partial charge in [0.15, 0.2) is 0 Å². The number of likely N-dealkylation sites (tertiary alicyclic amines) is 2. The van der Waals surface area contributed by atoms with Crippen molar-refractivity contribution >= 4 is 23.3 Å². The molecule has 2 fully saturated rings. The van der Waals surface area contributed by atoms with Crippen LogP contribution in [0.1, 0.15) is 61.0 Å². The number of carbonyl (C=O) groups is 2. The summed E-state index contributed by atoms with van der Waals surface area (Å²) in [4.78, 5) is 34.9. The summed E-state index contributed by atoms with van der Waals surface area (Å²) in [5, 5.41) is 3.74. The Morgan fingerprint density at radius 2 is 1.85 bits per heavy atom. The molecule has 7 nitrogen and oxygen atoms in total. The first kappa shape index (κ1) is 23.7. The Morgan fingerprint density at radius 3 is 2.52 bits per heavy atom. The van der Waals surface area contributed by atoms with Crippen molar-refractivity contribution in [3.8, 4) is 10.6 Å². The fraction of sp³-hybridized carbons (Fsp3) is 0.560. The van der Waals surface area contributed by atoms with Crippen LogP contribution in [0.15, 0.2) is 24.3 Å². The molecule has 0 bridgehead atoms. The summed E-state index contributed by atoms with van der Waals surface area (Å²) < 4.78 is 5.33. The van der Waals surface area contributed by atoms with E-state index in [1.165, 1.54) is 42.8 Å². The first-order valence-electron chi connectivity index (χ1n) is 11.8. The number of carbonyl (C=O) groups excluding carboxylic acids is 2. The molecule has 2 aromatic rings. The zero-order chi connectivity index (χ0) is 23.6. The van der Waals surface area contributed by atoms with E-state index in [1.807, 2.05) is 27.7 Å². The molecule has 0 aliphatic carbocycles. The highest BCUT2D eigenvalue weighted by atomic mass is 32.1. The molecule has 33 heavy (non-hydrogen) atoms. The van der Waals surface area contributed by atoms with E-state index in [0.717, 1.165) is 22.8 Å². The van der Waals surface area contributed by atoms with Crippen LogP contribution < -0.4 is 5.32 Å². The molecule has 0 unspecified atom stereocenters. The predicted molar refractivity (Wildman–Crippen MR) is 130 cm³/mol. The number of benzene rings is 1. The van der Waals surface area contributed by atoms with E-state index in [4.69, 9.17) is 4.74 Å². The largest absolute Gasteiger partial charge is 0.444 e. The number of hydrogen-bond donors (Lipinski definition) is 1. The van der Waals surface area contributed by atoms with Crippen LogP contribution in [-0.2, 0) is 11.3 Å². The Balaban J connectivity index is 1.37. The van der Waals surface area contributed by atoms with Crippen molar-refractivity contribution < 1.29 is 14.3 Å². The normalized spacial score (nSPS) is 19.2. The van der Waals surface area contributed by atoms with Crippen molar-refractivity contribution in [3.63, 3.8) is 0 Å². The predicted octanol–water partition coefficient (Wildman–Crippen LogP) is 4.45. The smallest absolute Gasteiger partial charge is 0.407 e. The lowest BCUT2D eigenvalue weighted by molar-refractivity contribution is 0.0502. The average molecular weight is 471 g/mol. The SMILES string of the molecule is Cc1nc(-c2ccc(CN3CCCC3)cc2)sc1C(=O)N1CC[C@H](NC(=O)OC(C)(C)C)C1. The van der Waals surface area contributed by atoms with Gasteiger partial charge in [-0.2, -0.15) is 0 Å². The van der Waals surface area contributed by atoms with Crippen LogP contribution in [0.3, 0.4) is 0 Å². The van der Waals surface area contributed by atoms with Gasteiger partial charge in [0.1, 0.15) is 15.5 Å². The molecule has 1 aromatic carbocycles. The van der Waals surface area contributed by atoms with E-state index in [2.05, 4.69) is 39.5 Å². The van der Waals surface area contributed by atoms with Gasteiger partial charge >= 0.3 is 6.09 Å². The summed E-state index contributed by atoms with van der Waals surface area (Å²) in [6.45, 7) is 11.9. The van der Waals surface area contributed by atoms with E-state index < -0.39 is 11.7 Å². The zero-order valence-corrected chi connectivity index (χ0v) is 20.8. The second-order valence-electron chi connectivity index (χ2n) is 10.00. The average Bonchev–Trinajstić information content (AvgIpc) is 3.48. The van der Waals surface area contributed by atoms with Gasteiger partial charge in [-0.25, -0.2) is 9.78 Å². The maximum Gasteiger partial charge on any atom is 0.407 e. The molecule has 0 saturated carbocycles. The minimum Gasteiger partial charge on any atom is -0.444 e. The molecule has 2 aliphatic heterocycles. The third-order valence-electron chi connectivity index (χ3n) is 5.99. The molecule has 2 saturated heterocycles. The molecular weight excluding hydrogens is 436 g/mol. The zero-order valence-electron chi connectivity index (χ0n) is 20.0. The number of nitrogens with one attached hydrogen (secondary N) is 1. The third-order valence-corrected chi connectivity index (χ3v) is 7.19. The van der Waals surface area contributed by atoms with Crippen molar-refractivity contribution in [2.24, 2.45) is 0 Å². The minimum atomic E-state index is -0.541. The van der Waals surface area contributed by atoms with E-state index >= 15 is 0 Å². The van der Waals surface area contributed by atoms with Crippen molar-refractivity contribution in [2.75, 3.05) is 26.2 Å². The Hall–Kier alpha value is -2.45. The minimum absolute atomic E-state index is 0.0182. The van der Waals surface area contributed by atoms with Crippen LogP contribution in [0.2, 0.25) is 0 Å². The van der Waals surface area contributed by atoms with Crippen LogP contribution in [0, 0.1) is 6.92 Å². The molecule has 1 atom stereocenters. The lowest BCUT2D eigenvalue weighted by Crippen LogP contribution is -2.41. The van der Waals surface area contributed by atoms with Gasteiger partial charge in [-0.05, 0) is 65.6 Å². The standard InChI is InChI=1S/C25H34N4O3S/c1-17-21(23(30)29-14-11-20(16-29)27-24(31)32-25(2,3)4)33-22(26-17)19-9-7-18(8-10-19)15-28-12-5-6-13-28/h7-10,20H,5-6,11-16H2,1-4H3,(H,27,31)/t20-/m0/s1. The maximum absolute atomic E-state index is 13.2. The summed E-state index contributed by atoms with van der Waals surface area (Å²) in [6.07, 6.45) is 2.87. The fourth-order valence-corrected chi connectivity index (χ4v) is 5.39. The van der Waals surface area contributed by atoms with Gasteiger partial charge in [0, 0.05) is 25.2 Å². The van der Waals surface area contributed by atoms with E-state index in [9.17, 15) is 9.59 Å². The number of thiazole rings is 1. The van der Waals surface area contributed by atoms with Crippen molar-refractivity contribution in [3.05, 3.63) is 40.4 Å². The molecule has 2 amide bonds. The fourth-order valence-electron chi connectivity index (χ4n) is 4.35. The Bertz CT molecular complexity index is 990. The Kier molecular flexibility index (Phi) is 7.05. The van der Waals surface area contributed by atoms with Crippen LogP contribution in [0.5, 0.6) is 0 Å². The molecular formula is C25H34N4O3S. The summed E-state index contributed by atoms with van der Waals surface area (Å²) in [5.74, 6) is -0.0182. The molecule has 0 spiro atoms. The number of nitrogens with zero attached hydrogens (tertiary/aromatic N) is 3. The molecule has 1 aromatic heterocycles. The Labute approximate surface area is 200 Å². The van der Waals surface area contributed by atoms with Gasteiger partial charge in [-0.15, -0.1) is 11.3 Å². The topological polar surface area (TPSA) is 74.8 Å². The van der Waals surface area contributed by atoms with Gasteiger partial charge in [-0.1, -0.05) is 24.3 Å². The van der Waals surface area contributed by atoms with Crippen molar-refractivity contribution in [1.29, 1.82) is 0 Å². The molecule has 2 aliphatic rings. The van der Waals surface area contributed by atoms with Crippen LogP contribution in [0.4, 0.5) is 4.79 Å². The first-order chi connectivity index (χ1) is 15.7. The number of aromatic nitrogens is 1. The van der Waals surface area contributed by atoms with E-state index in [1.54, 1.807) is 4.90 Å². The van der Waals surface area contributed by atoms with Gasteiger partial charge in [0.05, 0.1) is 11.7 Å². The van der Waals surface area contributed by atoms with Gasteiger partial charge in [-0.3, -0.25) is 9.69 Å². The van der Waals surface area contributed by atoms with Crippen molar-refractivity contribution in [2.45, 2.75) is 65.1 Å². The number of aryl methyl sites for hydroxylation is 1. The van der Waals surface area contributed by atoms with Crippen LogP contribution >= 0.6 is 11.3 Å². The highest BCUT2D eigenvalue weighted by molar-refractivity contribution is 7.17. The second-order valence-corrected chi connectivity index (χ2v) is 11.0. The second kappa shape index (κ2) is 9.81. The third kappa shape index (κ3) is 6.12. The molecule has 8 heteroatoms. The molecule has 178 valence electrons. The lowest BCUT2D eigenvalue weighted by Gasteiger charge is -2.22. The van der Waals surface area contributed by atoms with Crippen LogP contribution in [0.25, 0.3) is 10.6 Å². The molecule has 3 heterocycles. The lowest BCUT2D eigenvalue weighted by atomic mass is 10.1. The maximum atomic E-state index is 13.2. The number of ether oxygens (including phenoxy) is 1. The Morgan fingerprint density at radius 1 is 1.15 bits per heavy atom. The number of rotatable bonds is 5. The number of alkyl carbamates (subject to hydrolysis) is 1. The van der Waals surface area contributed by atoms with Crippen molar-refractivity contribution in [1.82, 2.24) is 20.1 Å². The number of amides is 2. The summed E-state index contributed by atoms with van der Waals surface area (Å²) in [6, 6.07) is 8.45. The highest BCUT2D eigenvalue weighted by Gasteiger charge is 2.31. The highest BCUT2D eigenvalue weighted by Crippen LogP contribution is 2.30. The number of hydrogen-bond acceptors (Lipinski definition) is 6. The summed E-state index contributed by atoms with van der Waals surface area (Å²) >= 11 is 1.44. The molecule has 4 rings (SSSR count). The van der Waals surface area contributed by atoms with E-state index in [0.29, 0.717) is 24.4 Å². The van der Waals surface area contributed by atoms with Gasteiger partial charge in [0.2, 0.25) is 0 Å². The van der Waals surface area contributed by atoms with Crippen LogP contribution in [-0.4, -0.2) is 64.6 Å². The van der Waals surface area contributed by atoms with Gasteiger partial charge < -0.3 is 15.0 Å². The molecule has 1 N–H and O–H groups in total. The summed E-state index contributed by atoms with van der Waals surface area (Å²) in [7, 11) is 0. The van der Waals surface area contributed by atoms with Gasteiger partial charge in [0.25, 0.3) is 5.91 Å². The first-order valence-corrected chi connectivity index (χ1v) is 12.6. The van der Waals surface area contributed by atoms with E-state index in [-0.39, 0.29) is 11.9 Å². The monoisotopic (exact) mass is 470 g/mol. The quantitative estimate of drug-likeness (QED) is 0.699.